The van der Waals surface area contributed by atoms with Gasteiger partial charge < -0.3 is 20.1 Å². The molecule has 0 aromatic heterocycles. The maximum Gasteiger partial charge on any atom is 0.338 e. The SMILES string of the molecule is CCCCOC(=O)c1ccc(NC(=O)C(Sc2cccc(NC(=O)c3ccc(OC)cc3)c2)c2ccccc2)cc1. The molecule has 4 aromatic rings. The van der Waals surface area contributed by atoms with Crippen LogP contribution in [0.3, 0.4) is 0 Å². The van der Waals surface area contributed by atoms with E-state index in [0.717, 1.165) is 23.3 Å². The molecule has 2 N–H and O–H groups in total. The molecular formula is C33H32N2O5S. The first-order chi connectivity index (χ1) is 20.0. The predicted molar refractivity (Wildman–Crippen MR) is 163 cm³/mol. The Hall–Kier alpha value is -4.56. The fraction of sp³-hybridized carbons (Fsp3) is 0.182. The van der Waals surface area contributed by atoms with Crippen molar-refractivity contribution in [2.24, 2.45) is 0 Å². The van der Waals surface area contributed by atoms with Crippen molar-refractivity contribution in [3.8, 4) is 5.75 Å². The Morgan fingerprint density at radius 2 is 1.49 bits per heavy atom. The van der Waals surface area contributed by atoms with Gasteiger partial charge in [-0.25, -0.2) is 4.79 Å². The Balaban J connectivity index is 1.46. The lowest BCUT2D eigenvalue weighted by molar-refractivity contribution is -0.115. The number of carbonyl (C=O) groups is 3. The number of methoxy groups -OCH3 is 1. The van der Waals surface area contributed by atoms with Gasteiger partial charge in [-0.05, 0) is 78.7 Å². The van der Waals surface area contributed by atoms with Gasteiger partial charge in [0.2, 0.25) is 5.91 Å². The van der Waals surface area contributed by atoms with Crippen molar-refractivity contribution in [3.05, 3.63) is 120 Å². The number of hydrogen-bond acceptors (Lipinski definition) is 6. The number of hydrogen-bond donors (Lipinski definition) is 2. The minimum absolute atomic E-state index is 0.216. The number of nitrogens with one attached hydrogen (secondary N) is 2. The molecule has 210 valence electrons. The number of carbonyl (C=O) groups excluding carboxylic acids is 3. The molecular weight excluding hydrogens is 536 g/mol. The van der Waals surface area contributed by atoms with Crippen LogP contribution in [0.2, 0.25) is 0 Å². The average Bonchev–Trinajstić information content (AvgIpc) is 3.01. The first-order valence-electron chi connectivity index (χ1n) is 13.3. The van der Waals surface area contributed by atoms with Crippen LogP contribution in [0, 0.1) is 0 Å². The summed E-state index contributed by atoms with van der Waals surface area (Å²) in [6.45, 7) is 2.42. The molecule has 0 spiro atoms. The number of unbranched alkanes of at least 4 members (excludes halogenated alkanes) is 1. The zero-order valence-electron chi connectivity index (χ0n) is 23.0. The third-order valence-corrected chi connectivity index (χ3v) is 7.41. The Morgan fingerprint density at radius 3 is 2.17 bits per heavy atom. The number of esters is 1. The summed E-state index contributed by atoms with van der Waals surface area (Å²) in [5.74, 6) is -0.170. The summed E-state index contributed by atoms with van der Waals surface area (Å²) in [5.41, 5.74) is 2.96. The molecule has 7 nitrogen and oxygen atoms in total. The first kappa shape index (κ1) is 29.4. The Bertz CT molecular complexity index is 1460. The molecule has 2 amide bonds. The molecule has 0 aliphatic carbocycles. The highest BCUT2D eigenvalue weighted by Crippen LogP contribution is 2.37. The highest BCUT2D eigenvalue weighted by atomic mass is 32.2. The van der Waals surface area contributed by atoms with Gasteiger partial charge in [-0.15, -0.1) is 11.8 Å². The molecule has 4 aromatic carbocycles. The van der Waals surface area contributed by atoms with Gasteiger partial charge in [-0.1, -0.05) is 49.7 Å². The largest absolute Gasteiger partial charge is 0.497 e. The quantitative estimate of drug-likeness (QED) is 0.105. The molecule has 0 bridgehead atoms. The van der Waals surface area contributed by atoms with Crippen LogP contribution in [0.15, 0.2) is 108 Å². The van der Waals surface area contributed by atoms with E-state index in [0.29, 0.717) is 34.9 Å². The lowest BCUT2D eigenvalue weighted by Gasteiger charge is -2.18. The van der Waals surface area contributed by atoms with Gasteiger partial charge >= 0.3 is 5.97 Å². The molecule has 0 fully saturated rings. The van der Waals surface area contributed by atoms with E-state index in [4.69, 9.17) is 9.47 Å². The van der Waals surface area contributed by atoms with Crippen molar-refractivity contribution < 1.29 is 23.9 Å². The average molecular weight is 569 g/mol. The molecule has 0 radical (unpaired) electrons. The van der Waals surface area contributed by atoms with E-state index >= 15 is 0 Å². The van der Waals surface area contributed by atoms with Crippen LogP contribution in [0.25, 0.3) is 0 Å². The van der Waals surface area contributed by atoms with Crippen LogP contribution in [-0.2, 0) is 9.53 Å². The Kier molecular flexibility index (Phi) is 10.6. The predicted octanol–water partition coefficient (Wildman–Crippen LogP) is 7.38. The molecule has 0 saturated carbocycles. The zero-order valence-corrected chi connectivity index (χ0v) is 23.8. The minimum atomic E-state index is -0.567. The van der Waals surface area contributed by atoms with Crippen LogP contribution < -0.4 is 15.4 Å². The maximum absolute atomic E-state index is 13.5. The number of rotatable bonds is 12. The molecule has 41 heavy (non-hydrogen) atoms. The van der Waals surface area contributed by atoms with Crippen molar-refractivity contribution in [1.82, 2.24) is 0 Å². The van der Waals surface area contributed by atoms with Crippen molar-refractivity contribution in [3.63, 3.8) is 0 Å². The molecule has 0 aliphatic heterocycles. The second-order valence-electron chi connectivity index (χ2n) is 9.18. The van der Waals surface area contributed by atoms with E-state index in [1.54, 1.807) is 61.7 Å². The highest BCUT2D eigenvalue weighted by Gasteiger charge is 2.23. The van der Waals surface area contributed by atoms with Crippen LogP contribution in [0.5, 0.6) is 5.75 Å². The molecule has 0 saturated heterocycles. The van der Waals surface area contributed by atoms with Crippen LogP contribution in [0.1, 0.15) is 51.3 Å². The van der Waals surface area contributed by atoms with E-state index in [9.17, 15) is 14.4 Å². The van der Waals surface area contributed by atoms with Gasteiger partial charge in [0, 0.05) is 21.8 Å². The lowest BCUT2D eigenvalue weighted by Crippen LogP contribution is -2.19. The Morgan fingerprint density at radius 1 is 0.780 bits per heavy atom. The normalized spacial score (nSPS) is 11.3. The van der Waals surface area contributed by atoms with Gasteiger partial charge in [0.15, 0.2) is 0 Å². The molecule has 0 aliphatic rings. The summed E-state index contributed by atoms with van der Waals surface area (Å²) in [5, 5.41) is 5.31. The molecule has 4 rings (SSSR count). The standard InChI is InChI=1S/C33H32N2O5S/c1-3-4-21-40-33(38)25-13-17-26(18-14-25)34-32(37)30(23-9-6-5-7-10-23)41-29-12-8-11-27(22-29)35-31(36)24-15-19-28(39-2)20-16-24/h5-20,22,30H,3-4,21H2,1-2H3,(H,34,37)(H,35,36). The van der Waals surface area contributed by atoms with Gasteiger partial charge in [0.05, 0.1) is 19.3 Å². The summed E-state index contributed by atoms with van der Waals surface area (Å²) in [6, 6.07) is 30.4. The maximum atomic E-state index is 13.5. The van der Waals surface area contributed by atoms with Crippen LogP contribution >= 0.6 is 11.8 Å². The first-order valence-corrected chi connectivity index (χ1v) is 14.2. The molecule has 1 atom stereocenters. The summed E-state index contributed by atoms with van der Waals surface area (Å²) in [4.78, 5) is 39.3. The van der Waals surface area contributed by atoms with Crippen molar-refractivity contribution in [2.75, 3.05) is 24.4 Å². The van der Waals surface area contributed by atoms with Crippen LogP contribution in [-0.4, -0.2) is 31.5 Å². The molecule has 1 unspecified atom stereocenters. The van der Waals surface area contributed by atoms with Gasteiger partial charge in [0.25, 0.3) is 5.91 Å². The summed E-state index contributed by atoms with van der Waals surface area (Å²) in [6.07, 6.45) is 1.76. The fourth-order valence-corrected chi connectivity index (χ4v) is 5.00. The highest BCUT2D eigenvalue weighted by molar-refractivity contribution is 8.00. The molecule has 0 heterocycles. The summed E-state index contributed by atoms with van der Waals surface area (Å²) < 4.78 is 10.4. The minimum Gasteiger partial charge on any atom is -0.497 e. The fourth-order valence-electron chi connectivity index (χ4n) is 3.92. The number of benzene rings is 4. The van der Waals surface area contributed by atoms with Crippen molar-refractivity contribution in [2.45, 2.75) is 29.9 Å². The third-order valence-electron chi connectivity index (χ3n) is 6.16. The summed E-state index contributed by atoms with van der Waals surface area (Å²) >= 11 is 1.38. The summed E-state index contributed by atoms with van der Waals surface area (Å²) in [7, 11) is 1.57. The third kappa shape index (κ3) is 8.46. The topological polar surface area (TPSA) is 93.7 Å². The van der Waals surface area contributed by atoms with Gasteiger partial charge in [-0.2, -0.15) is 0 Å². The van der Waals surface area contributed by atoms with E-state index in [-0.39, 0.29) is 17.8 Å². The lowest BCUT2D eigenvalue weighted by atomic mass is 10.1. The van der Waals surface area contributed by atoms with E-state index in [1.165, 1.54) is 11.8 Å². The Labute approximate surface area is 244 Å². The number of ether oxygens (including phenoxy) is 2. The number of amides is 2. The van der Waals surface area contributed by atoms with E-state index < -0.39 is 5.25 Å². The van der Waals surface area contributed by atoms with Gasteiger partial charge in [-0.3, -0.25) is 9.59 Å². The second kappa shape index (κ2) is 14.7. The van der Waals surface area contributed by atoms with Gasteiger partial charge in [0.1, 0.15) is 11.0 Å². The van der Waals surface area contributed by atoms with Crippen LogP contribution in [0.4, 0.5) is 11.4 Å². The second-order valence-corrected chi connectivity index (χ2v) is 10.4. The van der Waals surface area contributed by atoms with Crippen molar-refractivity contribution >= 4 is 40.9 Å². The smallest absolute Gasteiger partial charge is 0.338 e. The number of thioether (sulfide) groups is 1. The number of anilines is 2. The molecule has 8 heteroatoms. The van der Waals surface area contributed by atoms with E-state index in [2.05, 4.69) is 10.6 Å². The monoisotopic (exact) mass is 568 g/mol. The zero-order chi connectivity index (χ0) is 29.0. The van der Waals surface area contributed by atoms with Crippen molar-refractivity contribution in [1.29, 1.82) is 0 Å². The van der Waals surface area contributed by atoms with E-state index in [1.807, 2.05) is 55.5 Å².